The van der Waals surface area contributed by atoms with Gasteiger partial charge in [0.15, 0.2) is 0 Å². The second kappa shape index (κ2) is 6.82. The van der Waals surface area contributed by atoms with E-state index in [1.807, 2.05) is 42.5 Å². The van der Waals surface area contributed by atoms with Gasteiger partial charge in [-0.1, -0.05) is 36.4 Å². The molecule has 0 aliphatic heterocycles. The molecule has 3 aromatic rings. The predicted molar refractivity (Wildman–Crippen MR) is 94.1 cm³/mol. The molecule has 0 radical (unpaired) electrons. The topological polar surface area (TPSA) is 92.4 Å². The summed E-state index contributed by atoms with van der Waals surface area (Å²) in [5.74, 6) is -0.908. The fraction of sp³-hybridized carbons (Fsp3) is 0.111. The Bertz CT molecular complexity index is 904. The van der Waals surface area contributed by atoms with E-state index in [0.29, 0.717) is 10.4 Å². The molecule has 2 aromatic carbocycles. The van der Waals surface area contributed by atoms with Gasteiger partial charge in [0.25, 0.3) is 5.91 Å². The predicted octanol–water partition coefficient (Wildman–Crippen LogP) is 2.46. The van der Waals surface area contributed by atoms with Crippen molar-refractivity contribution < 1.29 is 14.7 Å². The summed E-state index contributed by atoms with van der Waals surface area (Å²) in [5.41, 5.74) is 6.21. The molecule has 0 saturated carbocycles. The van der Waals surface area contributed by atoms with E-state index in [9.17, 15) is 14.7 Å². The Labute approximate surface area is 142 Å². The first kappa shape index (κ1) is 16.2. The maximum Gasteiger partial charge on any atom is 0.261 e. The zero-order valence-corrected chi connectivity index (χ0v) is 13.5. The van der Waals surface area contributed by atoms with Gasteiger partial charge in [-0.25, -0.2) is 0 Å². The Morgan fingerprint density at radius 2 is 1.88 bits per heavy atom. The second-order valence-electron chi connectivity index (χ2n) is 5.40. The molecule has 6 heteroatoms. The molecule has 1 unspecified atom stereocenters. The first-order chi connectivity index (χ1) is 11.5. The fourth-order valence-corrected chi connectivity index (χ4v) is 3.21. The molecule has 1 heterocycles. The van der Waals surface area contributed by atoms with Crippen LogP contribution >= 0.6 is 11.3 Å². The number of rotatable bonds is 5. The average molecular weight is 340 g/mol. The van der Waals surface area contributed by atoms with Crippen molar-refractivity contribution >= 4 is 33.9 Å². The lowest BCUT2D eigenvalue weighted by Crippen LogP contribution is -2.27. The van der Waals surface area contributed by atoms with E-state index in [2.05, 4.69) is 5.32 Å². The van der Waals surface area contributed by atoms with Crippen LogP contribution in [0.15, 0.2) is 53.9 Å². The number of nitrogens with two attached hydrogens (primary N) is 1. The van der Waals surface area contributed by atoms with Gasteiger partial charge in [-0.15, -0.1) is 11.3 Å². The van der Waals surface area contributed by atoms with Crippen LogP contribution in [0.3, 0.4) is 0 Å². The number of carbonyl (C=O) groups excluding carboxylic acids is 2. The molecule has 24 heavy (non-hydrogen) atoms. The number of carbonyl (C=O) groups is 2. The standard InChI is InChI=1S/C18H16N2O3S/c19-17(22)14-8-16(24-10-14)18(23)20-9-15(21)13-6-5-11-3-1-2-4-12(11)7-13/h1-8,10,15,21H,9H2,(H2,19,22)(H,20,23). The summed E-state index contributed by atoms with van der Waals surface area (Å²) < 4.78 is 0. The highest BCUT2D eigenvalue weighted by Crippen LogP contribution is 2.20. The molecule has 0 fully saturated rings. The van der Waals surface area contributed by atoms with Gasteiger partial charge in [0.05, 0.1) is 16.5 Å². The minimum atomic E-state index is -0.811. The van der Waals surface area contributed by atoms with Gasteiger partial charge >= 0.3 is 0 Å². The van der Waals surface area contributed by atoms with E-state index in [1.54, 1.807) is 0 Å². The van der Waals surface area contributed by atoms with E-state index in [4.69, 9.17) is 5.73 Å². The monoisotopic (exact) mass is 340 g/mol. The van der Waals surface area contributed by atoms with Crippen molar-refractivity contribution in [1.29, 1.82) is 0 Å². The van der Waals surface area contributed by atoms with Crippen molar-refractivity contribution in [2.24, 2.45) is 5.73 Å². The van der Waals surface area contributed by atoms with Crippen LogP contribution in [-0.2, 0) is 0 Å². The van der Waals surface area contributed by atoms with Gasteiger partial charge < -0.3 is 16.2 Å². The maximum absolute atomic E-state index is 12.1. The molecule has 0 aliphatic carbocycles. The molecule has 0 aliphatic rings. The van der Waals surface area contributed by atoms with Crippen LogP contribution in [0.25, 0.3) is 10.8 Å². The Kier molecular flexibility index (Phi) is 4.59. The van der Waals surface area contributed by atoms with Gasteiger partial charge in [-0.2, -0.15) is 0 Å². The number of nitrogens with one attached hydrogen (secondary N) is 1. The van der Waals surface area contributed by atoms with Crippen LogP contribution in [0.4, 0.5) is 0 Å². The van der Waals surface area contributed by atoms with Crippen molar-refractivity contribution in [2.75, 3.05) is 6.54 Å². The highest BCUT2D eigenvalue weighted by Gasteiger charge is 2.14. The van der Waals surface area contributed by atoms with Crippen LogP contribution in [0.2, 0.25) is 0 Å². The minimum absolute atomic E-state index is 0.0843. The number of benzene rings is 2. The van der Waals surface area contributed by atoms with Gasteiger partial charge in [-0.3, -0.25) is 9.59 Å². The molecule has 5 nitrogen and oxygen atoms in total. The zero-order chi connectivity index (χ0) is 17.1. The molecule has 122 valence electrons. The van der Waals surface area contributed by atoms with Gasteiger partial charge in [0, 0.05) is 11.9 Å². The summed E-state index contributed by atoms with van der Waals surface area (Å²) in [6.07, 6.45) is -0.811. The maximum atomic E-state index is 12.1. The van der Waals surface area contributed by atoms with Gasteiger partial charge in [0.1, 0.15) is 0 Å². The van der Waals surface area contributed by atoms with Crippen molar-refractivity contribution in [3.8, 4) is 0 Å². The Balaban J connectivity index is 1.66. The summed E-state index contributed by atoms with van der Waals surface area (Å²) in [5, 5.41) is 16.6. The molecule has 0 bridgehead atoms. The van der Waals surface area contributed by atoms with Gasteiger partial charge in [-0.05, 0) is 28.5 Å². The lowest BCUT2D eigenvalue weighted by atomic mass is 10.0. The van der Waals surface area contributed by atoms with E-state index >= 15 is 0 Å². The molecule has 0 saturated heterocycles. The van der Waals surface area contributed by atoms with E-state index in [0.717, 1.165) is 27.7 Å². The minimum Gasteiger partial charge on any atom is -0.387 e. The Hall–Kier alpha value is -2.70. The number of hydrogen-bond acceptors (Lipinski definition) is 4. The first-order valence-corrected chi connectivity index (χ1v) is 8.26. The quantitative estimate of drug-likeness (QED) is 0.666. The third-order valence-corrected chi connectivity index (χ3v) is 4.65. The van der Waals surface area contributed by atoms with Crippen molar-refractivity contribution in [3.05, 3.63) is 69.9 Å². The third-order valence-electron chi connectivity index (χ3n) is 3.72. The molecule has 0 spiro atoms. The summed E-state index contributed by atoms with van der Waals surface area (Å²) >= 11 is 1.14. The SMILES string of the molecule is NC(=O)c1csc(C(=O)NCC(O)c2ccc3ccccc3c2)c1. The first-order valence-electron chi connectivity index (χ1n) is 7.38. The summed E-state index contributed by atoms with van der Waals surface area (Å²) in [6, 6.07) is 15.0. The number of primary amides is 1. The number of fused-ring (bicyclic) bond motifs is 1. The largest absolute Gasteiger partial charge is 0.387 e. The van der Waals surface area contributed by atoms with Crippen LogP contribution in [0, 0.1) is 0 Å². The highest BCUT2D eigenvalue weighted by atomic mass is 32.1. The summed E-state index contributed by atoms with van der Waals surface area (Å²) in [4.78, 5) is 23.5. The number of thiophene rings is 1. The van der Waals surface area contributed by atoms with E-state index in [1.165, 1.54) is 11.4 Å². The number of amides is 2. The lowest BCUT2D eigenvalue weighted by molar-refractivity contribution is 0.0920. The molecule has 4 N–H and O–H groups in total. The number of aliphatic hydroxyl groups is 1. The lowest BCUT2D eigenvalue weighted by Gasteiger charge is -2.12. The molecule has 3 rings (SSSR count). The Morgan fingerprint density at radius 3 is 2.58 bits per heavy atom. The zero-order valence-electron chi connectivity index (χ0n) is 12.7. The molecular weight excluding hydrogens is 324 g/mol. The molecule has 1 aromatic heterocycles. The number of aliphatic hydroxyl groups excluding tert-OH is 1. The van der Waals surface area contributed by atoms with Crippen LogP contribution in [0.1, 0.15) is 31.7 Å². The normalized spacial score (nSPS) is 12.0. The summed E-state index contributed by atoms with van der Waals surface area (Å²) in [7, 11) is 0. The fourth-order valence-electron chi connectivity index (χ4n) is 2.39. The van der Waals surface area contributed by atoms with Crippen LogP contribution in [0.5, 0.6) is 0 Å². The van der Waals surface area contributed by atoms with E-state index < -0.39 is 12.0 Å². The number of hydrogen-bond donors (Lipinski definition) is 3. The van der Waals surface area contributed by atoms with Crippen LogP contribution < -0.4 is 11.1 Å². The third kappa shape index (κ3) is 3.45. The van der Waals surface area contributed by atoms with E-state index in [-0.39, 0.29) is 12.5 Å². The highest BCUT2D eigenvalue weighted by molar-refractivity contribution is 7.12. The van der Waals surface area contributed by atoms with Gasteiger partial charge in [0.2, 0.25) is 5.91 Å². The van der Waals surface area contributed by atoms with Crippen LogP contribution in [-0.4, -0.2) is 23.5 Å². The van der Waals surface area contributed by atoms with Crippen molar-refractivity contribution in [3.63, 3.8) is 0 Å². The molecular formula is C18H16N2O3S. The average Bonchev–Trinajstić information content (AvgIpc) is 3.09. The van der Waals surface area contributed by atoms with Crippen molar-refractivity contribution in [2.45, 2.75) is 6.10 Å². The molecule has 1 atom stereocenters. The smallest absolute Gasteiger partial charge is 0.261 e. The van der Waals surface area contributed by atoms with Crippen molar-refractivity contribution in [1.82, 2.24) is 5.32 Å². The molecule has 2 amide bonds. The second-order valence-corrected chi connectivity index (χ2v) is 6.31. The Morgan fingerprint density at radius 1 is 1.12 bits per heavy atom. The summed E-state index contributed by atoms with van der Waals surface area (Å²) in [6.45, 7) is 0.0843.